The number of ether oxygens (including phenoxy) is 2. The quantitative estimate of drug-likeness (QED) is 0.583. The third-order valence-electron chi connectivity index (χ3n) is 4.84. The zero-order chi connectivity index (χ0) is 22.5. The number of anilines is 1. The minimum atomic E-state index is -0.480. The zero-order valence-corrected chi connectivity index (χ0v) is 17.8. The van der Waals surface area contributed by atoms with Crippen LogP contribution in [0.15, 0.2) is 47.0 Å². The van der Waals surface area contributed by atoms with E-state index in [2.05, 4.69) is 20.8 Å². The number of likely N-dealkylation sites (N-methyl/N-ethyl adjacent to an activating group) is 1. The van der Waals surface area contributed by atoms with E-state index >= 15 is 0 Å². The molecule has 32 heavy (non-hydrogen) atoms. The van der Waals surface area contributed by atoms with E-state index in [9.17, 15) is 9.59 Å². The number of nitrogens with zero attached hydrogens (tertiary/aromatic N) is 3. The molecule has 1 aromatic heterocycles. The minimum absolute atomic E-state index is 0.132. The molecule has 0 fully saturated rings. The molecule has 10 nitrogen and oxygen atoms in total. The van der Waals surface area contributed by atoms with Crippen LogP contribution in [0.5, 0.6) is 11.5 Å². The highest BCUT2D eigenvalue weighted by atomic mass is 16.7. The molecule has 0 bridgehead atoms. The molecule has 0 spiro atoms. The van der Waals surface area contributed by atoms with Crippen LogP contribution in [0.4, 0.5) is 10.5 Å². The number of hydrogen-bond donors (Lipinski definition) is 2. The number of benzene rings is 2. The van der Waals surface area contributed by atoms with Crippen molar-refractivity contribution in [3.05, 3.63) is 65.3 Å². The van der Waals surface area contributed by atoms with E-state index in [-0.39, 0.29) is 25.3 Å². The van der Waals surface area contributed by atoms with Gasteiger partial charge < -0.3 is 29.5 Å². The number of carbonyl (C=O) groups is 2. The fraction of sp³-hybridized carbons (Fsp3) is 0.273. The lowest BCUT2D eigenvalue weighted by Gasteiger charge is -2.17. The number of rotatable bonds is 7. The van der Waals surface area contributed by atoms with Gasteiger partial charge in [-0.1, -0.05) is 23.4 Å². The minimum Gasteiger partial charge on any atom is -0.454 e. The molecule has 3 aromatic rings. The summed E-state index contributed by atoms with van der Waals surface area (Å²) >= 11 is 0. The van der Waals surface area contributed by atoms with E-state index in [1.165, 1.54) is 4.90 Å². The fourth-order valence-corrected chi connectivity index (χ4v) is 3.07. The molecule has 0 saturated carbocycles. The van der Waals surface area contributed by atoms with Crippen molar-refractivity contribution < 1.29 is 23.6 Å². The van der Waals surface area contributed by atoms with Crippen LogP contribution in [0.1, 0.15) is 27.6 Å². The van der Waals surface area contributed by atoms with Gasteiger partial charge in [0.15, 0.2) is 17.3 Å². The lowest BCUT2D eigenvalue weighted by molar-refractivity contribution is 0.0907. The first-order valence-corrected chi connectivity index (χ1v) is 10.1. The first kappa shape index (κ1) is 21.2. The summed E-state index contributed by atoms with van der Waals surface area (Å²) in [6, 6.07) is 12.7. The predicted octanol–water partition coefficient (Wildman–Crippen LogP) is 2.74. The second-order valence-corrected chi connectivity index (χ2v) is 7.36. The highest BCUT2D eigenvalue weighted by molar-refractivity contribution is 5.89. The lowest BCUT2D eigenvalue weighted by Crippen LogP contribution is -2.33. The van der Waals surface area contributed by atoms with Crippen LogP contribution in [-0.4, -0.2) is 47.4 Å². The van der Waals surface area contributed by atoms with E-state index in [4.69, 9.17) is 14.0 Å². The van der Waals surface area contributed by atoms with E-state index in [0.29, 0.717) is 30.3 Å². The van der Waals surface area contributed by atoms with Gasteiger partial charge in [0, 0.05) is 32.2 Å². The normalized spacial score (nSPS) is 11.8. The third-order valence-corrected chi connectivity index (χ3v) is 4.84. The van der Waals surface area contributed by atoms with Crippen LogP contribution < -0.4 is 20.1 Å². The topological polar surface area (TPSA) is 119 Å². The summed E-state index contributed by atoms with van der Waals surface area (Å²) in [6.45, 7) is 2.78. The Balaban J connectivity index is 1.25. The molecule has 166 valence electrons. The first-order chi connectivity index (χ1) is 15.5. The molecule has 1 aliphatic rings. The molecule has 1 aliphatic heterocycles. The van der Waals surface area contributed by atoms with Crippen LogP contribution in [0.25, 0.3) is 0 Å². The van der Waals surface area contributed by atoms with Crippen molar-refractivity contribution in [3.63, 3.8) is 0 Å². The van der Waals surface area contributed by atoms with E-state index in [0.717, 1.165) is 16.8 Å². The van der Waals surface area contributed by atoms with Crippen molar-refractivity contribution in [2.75, 3.05) is 25.7 Å². The SMILES string of the molecule is Cc1cccc(NC(=O)N(C)CCc2noc(C(=O)NCc3ccc4c(c3)OCO4)n2)c1. The fourth-order valence-electron chi connectivity index (χ4n) is 3.07. The van der Waals surface area contributed by atoms with Gasteiger partial charge in [-0.15, -0.1) is 0 Å². The molecule has 2 N–H and O–H groups in total. The van der Waals surface area contributed by atoms with Crippen LogP contribution in [0.2, 0.25) is 0 Å². The molecule has 10 heteroatoms. The summed E-state index contributed by atoms with van der Waals surface area (Å²) < 4.78 is 15.6. The van der Waals surface area contributed by atoms with E-state index in [1.807, 2.05) is 37.3 Å². The van der Waals surface area contributed by atoms with Gasteiger partial charge in [-0.3, -0.25) is 4.79 Å². The number of nitrogens with one attached hydrogen (secondary N) is 2. The van der Waals surface area contributed by atoms with Gasteiger partial charge in [0.2, 0.25) is 6.79 Å². The molecule has 0 unspecified atom stereocenters. The summed E-state index contributed by atoms with van der Waals surface area (Å²) in [5, 5.41) is 9.38. The Morgan fingerprint density at radius 1 is 1.12 bits per heavy atom. The van der Waals surface area contributed by atoms with Crippen LogP contribution in [0, 0.1) is 6.92 Å². The highest BCUT2D eigenvalue weighted by Gasteiger charge is 2.18. The number of aryl methyl sites for hydroxylation is 1. The number of carbonyl (C=O) groups excluding carboxylic acids is 2. The monoisotopic (exact) mass is 437 g/mol. The number of fused-ring (bicyclic) bond motifs is 1. The second kappa shape index (κ2) is 9.38. The summed E-state index contributed by atoms with van der Waals surface area (Å²) in [6.07, 6.45) is 0.344. The summed E-state index contributed by atoms with van der Waals surface area (Å²) in [5.74, 6) is 1.06. The molecular formula is C22H23N5O5. The van der Waals surface area contributed by atoms with Crippen LogP contribution in [-0.2, 0) is 13.0 Å². The Hall–Kier alpha value is -4.08. The van der Waals surface area contributed by atoms with Gasteiger partial charge >= 0.3 is 17.8 Å². The van der Waals surface area contributed by atoms with Crippen molar-refractivity contribution in [2.45, 2.75) is 19.9 Å². The molecule has 2 heterocycles. The van der Waals surface area contributed by atoms with Gasteiger partial charge in [-0.05, 0) is 42.3 Å². The summed E-state index contributed by atoms with van der Waals surface area (Å²) in [7, 11) is 1.67. The van der Waals surface area contributed by atoms with Crippen molar-refractivity contribution >= 4 is 17.6 Å². The summed E-state index contributed by atoms with van der Waals surface area (Å²) in [5.41, 5.74) is 2.63. The van der Waals surface area contributed by atoms with Gasteiger partial charge in [-0.25, -0.2) is 4.79 Å². The molecule has 0 aliphatic carbocycles. The Bertz CT molecular complexity index is 1130. The van der Waals surface area contributed by atoms with Gasteiger partial charge in [0.25, 0.3) is 0 Å². The van der Waals surface area contributed by atoms with Gasteiger partial charge in [-0.2, -0.15) is 4.98 Å². The predicted molar refractivity (Wildman–Crippen MR) is 115 cm³/mol. The van der Waals surface area contributed by atoms with Crippen molar-refractivity contribution in [1.82, 2.24) is 20.4 Å². The molecule has 2 aromatic carbocycles. The Morgan fingerprint density at radius 2 is 1.97 bits per heavy atom. The highest BCUT2D eigenvalue weighted by Crippen LogP contribution is 2.32. The number of urea groups is 1. The molecular weight excluding hydrogens is 414 g/mol. The van der Waals surface area contributed by atoms with Crippen molar-refractivity contribution in [1.29, 1.82) is 0 Å². The smallest absolute Gasteiger partial charge is 0.321 e. The third kappa shape index (κ3) is 5.15. The van der Waals surface area contributed by atoms with Crippen LogP contribution in [0.3, 0.4) is 0 Å². The first-order valence-electron chi connectivity index (χ1n) is 10.1. The molecule has 0 saturated heterocycles. The average Bonchev–Trinajstić information content (AvgIpc) is 3.45. The largest absolute Gasteiger partial charge is 0.454 e. The summed E-state index contributed by atoms with van der Waals surface area (Å²) in [4.78, 5) is 30.2. The Kier molecular flexibility index (Phi) is 6.20. The molecule has 0 radical (unpaired) electrons. The average molecular weight is 437 g/mol. The molecule has 4 rings (SSSR count). The van der Waals surface area contributed by atoms with Crippen LogP contribution >= 0.6 is 0 Å². The van der Waals surface area contributed by atoms with Crippen molar-refractivity contribution in [3.8, 4) is 11.5 Å². The maximum Gasteiger partial charge on any atom is 0.321 e. The number of hydrogen-bond acceptors (Lipinski definition) is 7. The Morgan fingerprint density at radius 3 is 2.81 bits per heavy atom. The maximum atomic E-state index is 12.3. The molecule has 3 amide bonds. The second-order valence-electron chi connectivity index (χ2n) is 7.36. The standard InChI is InChI=1S/C22H23N5O5/c1-14-4-3-5-16(10-14)24-22(29)27(2)9-8-19-25-21(32-26-19)20(28)23-12-15-6-7-17-18(11-15)31-13-30-17/h3-7,10-11H,8-9,12-13H2,1-2H3,(H,23,28)(H,24,29). The van der Waals surface area contributed by atoms with E-state index < -0.39 is 5.91 Å². The zero-order valence-electron chi connectivity index (χ0n) is 17.8. The van der Waals surface area contributed by atoms with Gasteiger partial charge in [0.05, 0.1) is 0 Å². The lowest BCUT2D eigenvalue weighted by atomic mass is 10.2. The van der Waals surface area contributed by atoms with Gasteiger partial charge in [0.1, 0.15) is 0 Å². The van der Waals surface area contributed by atoms with E-state index in [1.54, 1.807) is 19.2 Å². The van der Waals surface area contributed by atoms with Crippen molar-refractivity contribution in [2.24, 2.45) is 0 Å². The number of aromatic nitrogens is 2. The molecule has 0 atom stereocenters. The maximum absolute atomic E-state index is 12.3. The Labute approximate surface area is 184 Å². The number of amides is 3.